The minimum Gasteiger partial charge on any atom is -0.372 e. The predicted molar refractivity (Wildman–Crippen MR) is 78.7 cm³/mol. The predicted octanol–water partition coefficient (Wildman–Crippen LogP) is 2.72. The molecule has 0 bridgehead atoms. The van der Waals surface area contributed by atoms with E-state index >= 15 is 0 Å². The SMILES string of the molecule is C[C@@H]1CN(c2cc(C#N)c3ccccc3n2)C[C@H](C)O1. The van der Waals surface area contributed by atoms with E-state index in [-0.39, 0.29) is 12.2 Å². The second-order valence-electron chi connectivity index (χ2n) is 5.32. The molecule has 3 rings (SSSR count). The Bertz CT molecular complexity index is 667. The van der Waals surface area contributed by atoms with Crippen molar-refractivity contribution < 1.29 is 4.74 Å². The standard InChI is InChI=1S/C16H17N3O/c1-11-9-19(10-12(2)20-11)16-7-13(8-17)14-5-3-4-6-15(14)18-16/h3-7,11-12H,9-10H2,1-2H3/t11-,12+. The molecule has 1 fully saturated rings. The number of para-hydroxylation sites is 1. The molecule has 2 atom stereocenters. The molecule has 4 heteroatoms. The van der Waals surface area contributed by atoms with Crippen molar-refractivity contribution in [2.75, 3.05) is 18.0 Å². The molecule has 0 radical (unpaired) electrons. The van der Waals surface area contributed by atoms with Crippen LogP contribution in [0.25, 0.3) is 10.9 Å². The molecule has 1 saturated heterocycles. The van der Waals surface area contributed by atoms with Crippen molar-refractivity contribution in [3.63, 3.8) is 0 Å². The van der Waals surface area contributed by atoms with Crippen LogP contribution in [0.1, 0.15) is 19.4 Å². The highest BCUT2D eigenvalue weighted by Gasteiger charge is 2.23. The van der Waals surface area contributed by atoms with Gasteiger partial charge in [-0.3, -0.25) is 0 Å². The lowest BCUT2D eigenvalue weighted by Crippen LogP contribution is -2.45. The second kappa shape index (κ2) is 5.10. The average Bonchev–Trinajstić information content (AvgIpc) is 2.45. The van der Waals surface area contributed by atoms with Crippen LogP contribution in [-0.2, 0) is 4.74 Å². The van der Waals surface area contributed by atoms with Gasteiger partial charge in [-0.2, -0.15) is 5.26 Å². The van der Waals surface area contributed by atoms with Gasteiger partial charge in [-0.05, 0) is 26.0 Å². The fourth-order valence-corrected chi connectivity index (χ4v) is 2.78. The van der Waals surface area contributed by atoms with Crippen molar-refractivity contribution >= 4 is 16.7 Å². The van der Waals surface area contributed by atoms with Crippen LogP contribution in [0.3, 0.4) is 0 Å². The molecular weight excluding hydrogens is 250 g/mol. The number of hydrogen-bond acceptors (Lipinski definition) is 4. The first-order valence-electron chi connectivity index (χ1n) is 6.87. The Kier molecular flexibility index (Phi) is 3.29. The van der Waals surface area contributed by atoms with Gasteiger partial charge in [0, 0.05) is 18.5 Å². The molecule has 2 heterocycles. The van der Waals surface area contributed by atoms with Crippen molar-refractivity contribution in [2.24, 2.45) is 0 Å². The minimum atomic E-state index is 0.178. The zero-order valence-electron chi connectivity index (χ0n) is 11.7. The Morgan fingerprint density at radius 2 is 1.95 bits per heavy atom. The summed E-state index contributed by atoms with van der Waals surface area (Å²) in [7, 11) is 0. The third kappa shape index (κ3) is 2.33. The smallest absolute Gasteiger partial charge is 0.130 e. The van der Waals surface area contributed by atoms with Crippen LogP contribution >= 0.6 is 0 Å². The van der Waals surface area contributed by atoms with Gasteiger partial charge in [-0.25, -0.2) is 4.98 Å². The fraction of sp³-hybridized carbons (Fsp3) is 0.375. The van der Waals surface area contributed by atoms with E-state index in [2.05, 4.69) is 24.8 Å². The zero-order chi connectivity index (χ0) is 14.1. The Morgan fingerprint density at radius 1 is 1.25 bits per heavy atom. The summed E-state index contributed by atoms with van der Waals surface area (Å²) in [6.07, 6.45) is 0.357. The molecule has 102 valence electrons. The quantitative estimate of drug-likeness (QED) is 0.797. The topological polar surface area (TPSA) is 49.2 Å². The summed E-state index contributed by atoms with van der Waals surface area (Å²) in [5.74, 6) is 0.863. The van der Waals surface area contributed by atoms with Gasteiger partial charge in [0.2, 0.25) is 0 Å². The van der Waals surface area contributed by atoms with Crippen LogP contribution < -0.4 is 4.90 Å². The number of aromatic nitrogens is 1. The molecule has 1 aromatic heterocycles. The zero-order valence-corrected chi connectivity index (χ0v) is 11.7. The highest BCUT2D eigenvalue weighted by Crippen LogP contribution is 2.24. The summed E-state index contributed by atoms with van der Waals surface area (Å²) in [6, 6.07) is 11.9. The molecule has 1 aliphatic rings. The van der Waals surface area contributed by atoms with E-state index in [4.69, 9.17) is 9.72 Å². The van der Waals surface area contributed by atoms with E-state index in [1.54, 1.807) is 0 Å². The largest absolute Gasteiger partial charge is 0.372 e. The van der Waals surface area contributed by atoms with Crippen LogP contribution in [0.4, 0.5) is 5.82 Å². The Hall–Kier alpha value is -2.12. The van der Waals surface area contributed by atoms with Gasteiger partial charge in [-0.15, -0.1) is 0 Å². The lowest BCUT2D eigenvalue weighted by molar-refractivity contribution is -0.00544. The van der Waals surface area contributed by atoms with Crippen molar-refractivity contribution in [3.05, 3.63) is 35.9 Å². The molecule has 0 spiro atoms. The van der Waals surface area contributed by atoms with Crippen LogP contribution in [0, 0.1) is 11.3 Å². The third-order valence-electron chi connectivity index (χ3n) is 3.57. The van der Waals surface area contributed by atoms with Crippen molar-refractivity contribution in [2.45, 2.75) is 26.1 Å². The maximum Gasteiger partial charge on any atom is 0.130 e. The van der Waals surface area contributed by atoms with Gasteiger partial charge in [0.15, 0.2) is 0 Å². The number of pyridine rings is 1. The van der Waals surface area contributed by atoms with Gasteiger partial charge in [0.1, 0.15) is 5.82 Å². The number of fused-ring (bicyclic) bond motifs is 1. The molecule has 0 N–H and O–H groups in total. The van der Waals surface area contributed by atoms with Gasteiger partial charge >= 0.3 is 0 Å². The first kappa shape index (κ1) is 12.9. The van der Waals surface area contributed by atoms with Gasteiger partial charge in [0.05, 0.1) is 29.4 Å². The molecule has 1 aliphatic heterocycles. The van der Waals surface area contributed by atoms with Gasteiger partial charge in [0.25, 0.3) is 0 Å². The first-order valence-corrected chi connectivity index (χ1v) is 6.87. The summed E-state index contributed by atoms with van der Waals surface area (Å²) in [5.41, 5.74) is 1.55. The highest BCUT2D eigenvalue weighted by molar-refractivity contribution is 5.86. The summed E-state index contributed by atoms with van der Waals surface area (Å²) in [4.78, 5) is 6.90. The van der Waals surface area contributed by atoms with Crippen LogP contribution in [0.2, 0.25) is 0 Å². The number of anilines is 1. The monoisotopic (exact) mass is 267 g/mol. The van der Waals surface area contributed by atoms with E-state index in [1.807, 2.05) is 30.3 Å². The molecular formula is C16H17N3O. The summed E-state index contributed by atoms with van der Waals surface area (Å²) in [5, 5.41) is 10.3. The molecule has 0 amide bonds. The summed E-state index contributed by atoms with van der Waals surface area (Å²) < 4.78 is 5.75. The first-order chi connectivity index (χ1) is 9.67. The van der Waals surface area contributed by atoms with Crippen LogP contribution in [-0.4, -0.2) is 30.3 Å². The van der Waals surface area contributed by atoms with Crippen molar-refractivity contribution in [1.82, 2.24) is 4.98 Å². The normalized spacial score (nSPS) is 22.8. The van der Waals surface area contributed by atoms with E-state index in [9.17, 15) is 5.26 Å². The molecule has 1 aromatic carbocycles. The number of rotatable bonds is 1. The molecule has 0 aliphatic carbocycles. The summed E-state index contributed by atoms with van der Waals surface area (Å²) in [6.45, 7) is 5.74. The number of nitriles is 1. The number of nitrogens with zero attached hydrogens (tertiary/aromatic N) is 3. The fourth-order valence-electron chi connectivity index (χ4n) is 2.78. The Labute approximate surface area is 118 Å². The molecule has 0 unspecified atom stereocenters. The van der Waals surface area contributed by atoms with Gasteiger partial charge < -0.3 is 9.64 Å². The van der Waals surface area contributed by atoms with E-state index in [0.717, 1.165) is 29.8 Å². The van der Waals surface area contributed by atoms with Gasteiger partial charge in [-0.1, -0.05) is 18.2 Å². The Balaban J connectivity index is 2.06. The molecule has 4 nitrogen and oxygen atoms in total. The van der Waals surface area contributed by atoms with Crippen molar-refractivity contribution in [3.8, 4) is 6.07 Å². The van der Waals surface area contributed by atoms with E-state index in [0.29, 0.717) is 5.56 Å². The second-order valence-corrected chi connectivity index (χ2v) is 5.32. The Morgan fingerprint density at radius 3 is 2.65 bits per heavy atom. The molecule has 0 saturated carbocycles. The lowest BCUT2D eigenvalue weighted by Gasteiger charge is -2.36. The minimum absolute atomic E-state index is 0.178. The van der Waals surface area contributed by atoms with Crippen molar-refractivity contribution in [1.29, 1.82) is 5.26 Å². The molecule has 20 heavy (non-hydrogen) atoms. The average molecular weight is 267 g/mol. The maximum absolute atomic E-state index is 9.34. The summed E-state index contributed by atoms with van der Waals surface area (Å²) >= 11 is 0. The number of morpholine rings is 1. The third-order valence-corrected chi connectivity index (χ3v) is 3.57. The number of ether oxygens (including phenoxy) is 1. The van der Waals surface area contributed by atoms with Crippen LogP contribution in [0.5, 0.6) is 0 Å². The van der Waals surface area contributed by atoms with Crippen LogP contribution in [0.15, 0.2) is 30.3 Å². The number of benzene rings is 1. The molecule has 2 aromatic rings. The van der Waals surface area contributed by atoms with E-state index < -0.39 is 0 Å². The van der Waals surface area contributed by atoms with E-state index in [1.165, 1.54) is 0 Å². The lowest BCUT2D eigenvalue weighted by atomic mass is 10.1. The maximum atomic E-state index is 9.34. The number of hydrogen-bond donors (Lipinski definition) is 0. The highest BCUT2D eigenvalue weighted by atomic mass is 16.5.